The molecule has 0 atom stereocenters. The van der Waals surface area contributed by atoms with Gasteiger partial charge in [0.2, 0.25) is 0 Å². The lowest BCUT2D eigenvalue weighted by Gasteiger charge is -2.02. The minimum absolute atomic E-state index is 0.904. The molecule has 0 heterocycles. The number of rotatable bonds is 4. The van der Waals surface area contributed by atoms with Crippen LogP contribution in [-0.4, -0.2) is 17.8 Å². The van der Waals surface area contributed by atoms with Gasteiger partial charge in [-0.3, -0.25) is 0 Å². The van der Waals surface area contributed by atoms with Crippen LogP contribution in [-0.2, 0) is 14.1 Å². The minimum Gasteiger partial charge on any atom is -0.106 e. The summed E-state index contributed by atoms with van der Waals surface area (Å²) in [4.78, 5) is 0. The third-order valence-electron chi connectivity index (χ3n) is 1.27. The molecule has 0 rings (SSSR count). The first-order chi connectivity index (χ1) is 4.12. The molecule has 0 aliphatic carbocycles. The van der Waals surface area contributed by atoms with Gasteiger partial charge in [-0.2, -0.15) is 0 Å². The molecule has 9 heavy (non-hydrogen) atoms. The highest BCUT2D eigenvalue weighted by Crippen LogP contribution is 2.03. The van der Waals surface area contributed by atoms with Crippen molar-refractivity contribution < 1.29 is 4.21 Å². The Hall–Kier alpha value is 0.150. The van der Waals surface area contributed by atoms with Gasteiger partial charge in [0.15, 0.2) is 0 Å². The third kappa shape index (κ3) is 4.64. The van der Waals surface area contributed by atoms with Gasteiger partial charge in [0.05, 0.1) is 9.93 Å². The second kappa shape index (κ2) is 4.04. The highest BCUT2D eigenvalue weighted by molar-refractivity contribution is 8.02. The number of hydrogen-bond donors (Lipinski definition) is 0. The lowest BCUT2D eigenvalue weighted by Crippen LogP contribution is -2.16. The van der Waals surface area contributed by atoms with Crippen LogP contribution >= 0.6 is 0 Å². The van der Waals surface area contributed by atoms with Gasteiger partial charge in [-0.15, -0.1) is 4.21 Å². The molecule has 0 saturated heterocycles. The van der Waals surface area contributed by atoms with E-state index in [4.69, 9.17) is 0 Å². The molecule has 0 aliphatic heterocycles. The van der Waals surface area contributed by atoms with E-state index in [1.807, 2.05) is 6.26 Å². The van der Waals surface area contributed by atoms with E-state index >= 15 is 0 Å². The van der Waals surface area contributed by atoms with Gasteiger partial charge < -0.3 is 0 Å². The smallest absolute Gasteiger partial charge is 0.106 e. The van der Waals surface area contributed by atoms with Gasteiger partial charge in [-0.25, -0.2) is 0 Å². The maximum Gasteiger partial charge on any atom is 0.111 e. The average Bonchev–Trinajstić information content (AvgIpc) is 1.64. The predicted octanol–water partition coefficient (Wildman–Crippen LogP) is 1.94. The second-order valence-electron chi connectivity index (χ2n) is 2.59. The summed E-state index contributed by atoms with van der Waals surface area (Å²) in [7, 11) is -1.43. The Morgan fingerprint density at radius 1 is 1.11 bits per heavy atom. The summed E-state index contributed by atoms with van der Waals surface area (Å²) in [6.07, 6.45) is 3.99. The Balaban J connectivity index is 3.58. The summed E-state index contributed by atoms with van der Waals surface area (Å²) < 4.78 is 11.4. The van der Waals surface area contributed by atoms with Crippen molar-refractivity contribution in [3.8, 4) is 0 Å². The summed E-state index contributed by atoms with van der Waals surface area (Å²) in [5.74, 6) is 1.81. The lowest BCUT2D eigenvalue weighted by atomic mass is 10.6. The topological polar surface area (TPSA) is 17.1 Å². The van der Waals surface area contributed by atoms with Crippen LogP contribution in [0.2, 0.25) is 0 Å². The number of hydrogen-bond acceptors (Lipinski definition) is 1. The zero-order chi connectivity index (χ0) is 7.33. The molecule has 0 spiro atoms. The van der Waals surface area contributed by atoms with Crippen molar-refractivity contribution in [1.29, 1.82) is 0 Å². The molecular formula is C7H17OS+. The van der Waals surface area contributed by atoms with E-state index in [9.17, 15) is 4.21 Å². The van der Waals surface area contributed by atoms with E-state index in [1.54, 1.807) is 0 Å². The van der Waals surface area contributed by atoms with Crippen LogP contribution in [0.5, 0.6) is 0 Å². The summed E-state index contributed by atoms with van der Waals surface area (Å²) in [5, 5.41) is 0. The molecule has 2 heteroatoms. The van der Waals surface area contributed by atoms with Gasteiger partial charge in [0.1, 0.15) is 17.8 Å². The van der Waals surface area contributed by atoms with Gasteiger partial charge in [0.25, 0.3) is 0 Å². The van der Waals surface area contributed by atoms with Crippen molar-refractivity contribution >= 4 is 9.93 Å². The third-order valence-corrected chi connectivity index (χ3v) is 3.82. The molecule has 0 aromatic carbocycles. The zero-order valence-corrected chi connectivity index (χ0v) is 7.46. The summed E-state index contributed by atoms with van der Waals surface area (Å²) in [6.45, 7) is 4.16. The van der Waals surface area contributed by atoms with Crippen LogP contribution in [0.25, 0.3) is 0 Å². The highest BCUT2D eigenvalue weighted by atomic mass is 32.2. The summed E-state index contributed by atoms with van der Waals surface area (Å²) in [6, 6.07) is 0. The first-order valence-corrected chi connectivity index (χ1v) is 5.87. The first-order valence-electron chi connectivity index (χ1n) is 3.57. The van der Waals surface area contributed by atoms with Crippen LogP contribution in [0.1, 0.15) is 26.7 Å². The lowest BCUT2D eigenvalue weighted by molar-refractivity contribution is 0.586. The van der Waals surface area contributed by atoms with Gasteiger partial charge >= 0.3 is 0 Å². The summed E-state index contributed by atoms with van der Waals surface area (Å²) in [5.41, 5.74) is 0. The molecule has 0 aromatic rings. The van der Waals surface area contributed by atoms with Gasteiger partial charge in [-0.05, 0) is 12.8 Å². The molecule has 0 amide bonds. The Labute approximate surface area is 59.3 Å². The average molecular weight is 149 g/mol. The van der Waals surface area contributed by atoms with Gasteiger partial charge in [-0.1, -0.05) is 13.8 Å². The van der Waals surface area contributed by atoms with E-state index < -0.39 is 9.93 Å². The van der Waals surface area contributed by atoms with Crippen LogP contribution < -0.4 is 0 Å². The quantitative estimate of drug-likeness (QED) is 0.558. The minimum atomic E-state index is -1.43. The fraction of sp³-hybridized carbons (Fsp3) is 1.00. The molecule has 0 fully saturated rings. The van der Waals surface area contributed by atoms with Crippen molar-refractivity contribution in [2.75, 3.05) is 17.8 Å². The molecule has 0 bridgehead atoms. The van der Waals surface area contributed by atoms with Crippen molar-refractivity contribution in [2.45, 2.75) is 26.7 Å². The van der Waals surface area contributed by atoms with Crippen molar-refractivity contribution in [2.24, 2.45) is 0 Å². The standard InChI is InChI=1S/C7H17OS/c1-4-6-9(3,8)7-5-2/h4-7H2,1-3H3/q+1. The van der Waals surface area contributed by atoms with E-state index in [0.717, 1.165) is 24.3 Å². The predicted molar refractivity (Wildman–Crippen MR) is 44.3 cm³/mol. The van der Waals surface area contributed by atoms with Crippen LogP contribution in [0.15, 0.2) is 0 Å². The van der Waals surface area contributed by atoms with E-state index in [-0.39, 0.29) is 0 Å². The maximum absolute atomic E-state index is 11.4. The van der Waals surface area contributed by atoms with E-state index in [0.29, 0.717) is 0 Å². The first kappa shape index (κ1) is 9.15. The van der Waals surface area contributed by atoms with Crippen molar-refractivity contribution in [3.63, 3.8) is 0 Å². The SMILES string of the molecule is CCC[S+](C)(=O)CCC. The van der Waals surface area contributed by atoms with Crippen molar-refractivity contribution in [3.05, 3.63) is 0 Å². The van der Waals surface area contributed by atoms with Crippen LogP contribution in [0, 0.1) is 0 Å². The molecular weight excluding hydrogens is 132 g/mol. The maximum atomic E-state index is 11.4. The Bertz CT molecular complexity index is 99.5. The van der Waals surface area contributed by atoms with Crippen LogP contribution in [0.4, 0.5) is 0 Å². The second-order valence-corrected chi connectivity index (χ2v) is 5.78. The molecule has 0 aliphatic rings. The van der Waals surface area contributed by atoms with Crippen LogP contribution in [0.3, 0.4) is 0 Å². The molecule has 1 nitrogen and oxygen atoms in total. The summed E-state index contributed by atoms with van der Waals surface area (Å²) >= 11 is 0. The zero-order valence-electron chi connectivity index (χ0n) is 6.64. The Morgan fingerprint density at radius 3 is 1.67 bits per heavy atom. The highest BCUT2D eigenvalue weighted by Gasteiger charge is 2.16. The fourth-order valence-electron chi connectivity index (χ4n) is 0.966. The largest absolute Gasteiger partial charge is 0.111 e. The van der Waals surface area contributed by atoms with Gasteiger partial charge in [0, 0.05) is 0 Å². The Kier molecular flexibility index (Phi) is 4.11. The van der Waals surface area contributed by atoms with E-state index in [1.165, 1.54) is 0 Å². The normalized spacial score (nSPS) is 11.9. The van der Waals surface area contributed by atoms with E-state index in [2.05, 4.69) is 13.8 Å². The molecule has 0 unspecified atom stereocenters. The fourth-order valence-corrected chi connectivity index (χ4v) is 2.90. The molecule has 56 valence electrons. The monoisotopic (exact) mass is 149 g/mol. The molecule has 0 saturated carbocycles. The molecule has 0 radical (unpaired) electrons. The molecule has 0 aromatic heterocycles. The Morgan fingerprint density at radius 2 is 1.44 bits per heavy atom. The van der Waals surface area contributed by atoms with Crippen molar-refractivity contribution in [1.82, 2.24) is 0 Å². The molecule has 0 N–H and O–H groups in total.